The van der Waals surface area contributed by atoms with E-state index in [9.17, 15) is 4.79 Å². The number of carbonyl (C=O) groups is 1. The number of nitrogens with zero attached hydrogens (tertiary/aromatic N) is 4. The number of benzene rings is 1. The molecule has 1 N–H and O–H groups in total. The average Bonchev–Trinajstić information content (AvgIpc) is 3.43. The summed E-state index contributed by atoms with van der Waals surface area (Å²) in [6.45, 7) is 3.38. The number of nitrogens with one attached hydrogen (secondary N) is 1. The molecular formula is C25H35N5O4. The molecule has 2 aliphatic heterocycles. The molecule has 1 unspecified atom stereocenters. The molecule has 0 spiro atoms. The van der Waals surface area contributed by atoms with Crippen LogP contribution in [0.4, 0.5) is 11.8 Å². The molecule has 3 heterocycles. The molecular weight excluding hydrogens is 434 g/mol. The highest BCUT2D eigenvalue weighted by Gasteiger charge is 2.31. The van der Waals surface area contributed by atoms with Crippen molar-refractivity contribution in [2.75, 3.05) is 57.2 Å². The molecule has 1 saturated carbocycles. The third kappa shape index (κ3) is 4.71. The number of methoxy groups -OCH3 is 2. The van der Waals surface area contributed by atoms with Crippen molar-refractivity contribution in [3.63, 3.8) is 0 Å². The number of amides is 1. The zero-order valence-electron chi connectivity index (χ0n) is 20.2. The van der Waals surface area contributed by atoms with E-state index in [0.29, 0.717) is 56.3 Å². The van der Waals surface area contributed by atoms with E-state index in [1.165, 1.54) is 19.3 Å². The molecule has 9 nitrogen and oxygen atoms in total. The average molecular weight is 470 g/mol. The molecule has 1 atom stereocenters. The van der Waals surface area contributed by atoms with E-state index in [0.717, 1.165) is 42.4 Å². The fourth-order valence-electron chi connectivity index (χ4n) is 5.24. The summed E-state index contributed by atoms with van der Waals surface area (Å²) in [6, 6.07) is 4.29. The summed E-state index contributed by atoms with van der Waals surface area (Å²) in [7, 11) is 3.28. The normalized spacial score (nSPS) is 21.6. The van der Waals surface area contributed by atoms with Crippen molar-refractivity contribution in [2.45, 2.75) is 57.1 Å². The Balaban J connectivity index is 1.40. The number of aromatic nitrogens is 2. The Morgan fingerprint density at radius 2 is 1.71 bits per heavy atom. The van der Waals surface area contributed by atoms with Crippen LogP contribution in [0, 0.1) is 0 Å². The maximum atomic E-state index is 12.7. The third-order valence-corrected chi connectivity index (χ3v) is 7.21. The van der Waals surface area contributed by atoms with Crippen LogP contribution in [0.5, 0.6) is 11.5 Å². The van der Waals surface area contributed by atoms with Crippen molar-refractivity contribution in [1.82, 2.24) is 14.9 Å². The first-order chi connectivity index (χ1) is 16.7. The zero-order valence-corrected chi connectivity index (χ0v) is 20.2. The molecule has 0 radical (unpaired) electrons. The molecule has 184 valence electrons. The molecule has 2 saturated heterocycles. The minimum atomic E-state index is -0.266. The molecule has 1 amide bonds. The predicted octanol–water partition coefficient (Wildman–Crippen LogP) is 3.22. The minimum Gasteiger partial charge on any atom is -0.493 e. The van der Waals surface area contributed by atoms with Crippen LogP contribution in [-0.2, 0) is 9.53 Å². The van der Waals surface area contributed by atoms with E-state index in [-0.39, 0.29) is 12.0 Å². The lowest BCUT2D eigenvalue weighted by Gasteiger charge is -2.36. The Bertz CT molecular complexity index is 1010. The number of rotatable bonds is 6. The summed E-state index contributed by atoms with van der Waals surface area (Å²) in [5, 5.41) is 4.63. The van der Waals surface area contributed by atoms with E-state index >= 15 is 0 Å². The summed E-state index contributed by atoms with van der Waals surface area (Å²) in [6.07, 6.45) is 7.61. The van der Waals surface area contributed by atoms with Crippen LogP contribution in [0.25, 0.3) is 10.9 Å². The molecule has 2 aromatic rings. The molecule has 3 aliphatic rings. The van der Waals surface area contributed by atoms with Gasteiger partial charge in [-0.25, -0.2) is 4.98 Å². The van der Waals surface area contributed by atoms with Crippen LogP contribution in [0.2, 0.25) is 0 Å². The van der Waals surface area contributed by atoms with Gasteiger partial charge < -0.3 is 29.3 Å². The van der Waals surface area contributed by atoms with Gasteiger partial charge in [0.1, 0.15) is 11.9 Å². The second kappa shape index (κ2) is 10.2. The fraction of sp³-hybridized carbons (Fsp3) is 0.640. The van der Waals surface area contributed by atoms with Gasteiger partial charge in [-0.1, -0.05) is 19.3 Å². The van der Waals surface area contributed by atoms with Gasteiger partial charge in [-0.3, -0.25) is 4.79 Å². The first-order valence-electron chi connectivity index (χ1n) is 12.5. The van der Waals surface area contributed by atoms with Crippen LogP contribution in [-0.4, -0.2) is 79.9 Å². The predicted molar refractivity (Wildman–Crippen MR) is 131 cm³/mol. The summed E-state index contributed by atoms with van der Waals surface area (Å²) >= 11 is 0. The number of ether oxygens (including phenoxy) is 3. The summed E-state index contributed by atoms with van der Waals surface area (Å²) < 4.78 is 16.7. The summed E-state index contributed by atoms with van der Waals surface area (Å²) in [4.78, 5) is 26.7. The topological polar surface area (TPSA) is 89.1 Å². The van der Waals surface area contributed by atoms with E-state index in [1.54, 1.807) is 14.2 Å². The smallest absolute Gasteiger partial charge is 0.251 e. The minimum absolute atomic E-state index is 0.119. The molecule has 1 aromatic carbocycles. The van der Waals surface area contributed by atoms with Gasteiger partial charge >= 0.3 is 0 Å². The summed E-state index contributed by atoms with van der Waals surface area (Å²) in [5.74, 6) is 2.95. The first-order valence-corrected chi connectivity index (χ1v) is 12.5. The number of hydrogen-bond acceptors (Lipinski definition) is 8. The van der Waals surface area contributed by atoms with Crippen LogP contribution in [0.3, 0.4) is 0 Å². The van der Waals surface area contributed by atoms with Crippen molar-refractivity contribution in [1.29, 1.82) is 0 Å². The van der Waals surface area contributed by atoms with Crippen LogP contribution >= 0.6 is 0 Å². The maximum absolute atomic E-state index is 12.7. The van der Waals surface area contributed by atoms with Gasteiger partial charge in [0.05, 0.1) is 19.7 Å². The number of fused-ring (bicyclic) bond motifs is 1. The van der Waals surface area contributed by atoms with E-state index in [1.807, 2.05) is 17.0 Å². The van der Waals surface area contributed by atoms with Crippen molar-refractivity contribution >= 4 is 28.6 Å². The van der Waals surface area contributed by atoms with Gasteiger partial charge in [0.2, 0.25) is 5.95 Å². The van der Waals surface area contributed by atoms with Gasteiger partial charge in [0.15, 0.2) is 11.5 Å². The lowest BCUT2D eigenvalue weighted by molar-refractivity contribution is -0.141. The Hall–Kier alpha value is -2.81. The fourth-order valence-corrected chi connectivity index (χ4v) is 5.24. The number of piperazine rings is 1. The Kier molecular flexibility index (Phi) is 6.89. The quantitative estimate of drug-likeness (QED) is 0.690. The molecule has 1 aliphatic carbocycles. The van der Waals surface area contributed by atoms with Gasteiger partial charge in [0, 0.05) is 50.3 Å². The summed E-state index contributed by atoms with van der Waals surface area (Å²) in [5.41, 5.74) is 0.818. The third-order valence-electron chi connectivity index (χ3n) is 7.21. The van der Waals surface area contributed by atoms with E-state index in [4.69, 9.17) is 24.2 Å². The molecule has 34 heavy (non-hydrogen) atoms. The monoisotopic (exact) mass is 469 g/mol. The van der Waals surface area contributed by atoms with Crippen molar-refractivity contribution < 1.29 is 19.0 Å². The van der Waals surface area contributed by atoms with E-state index < -0.39 is 0 Å². The molecule has 9 heteroatoms. The molecule has 3 fully saturated rings. The lowest BCUT2D eigenvalue weighted by atomic mass is 9.95. The van der Waals surface area contributed by atoms with Crippen LogP contribution < -0.4 is 19.7 Å². The SMILES string of the molecule is COc1cc2nc(N3CCN(C(=O)C4CCCO4)CC3)nc(NC3CCCCC3)c2cc1OC. The standard InChI is InChI=1S/C25H35N5O4/c1-32-21-15-18-19(16-22(21)33-2)27-25(28-23(18)26-17-7-4-3-5-8-17)30-12-10-29(11-13-30)24(31)20-9-6-14-34-20/h15-17,20H,3-14H2,1-2H3,(H,26,27,28). The highest BCUT2D eigenvalue weighted by Crippen LogP contribution is 2.36. The number of hydrogen-bond donors (Lipinski definition) is 1. The molecule has 1 aromatic heterocycles. The highest BCUT2D eigenvalue weighted by molar-refractivity contribution is 5.93. The second-order valence-electron chi connectivity index (χ2n) is 9.39. The van der Waals surface area contributed by atoms with Crippen molar-refractivity contribution in [2.24, 2.45) is 0 Å². The maximum Gasteiger partial charge on any atom is 0.251 e. The van der Waals surface area contributed by atoms with E-state index in [2.05, 4.69) is 10.2 Å². The Labute approximate surface area is 200 Å². The van der Waals surface area contributed by atoms with Crippen LogP contribution in [0.1, 0.15) is 44.9 Å². The Morgan fingerprint density at radius 1 is 0.971 bits per heavy atom. The van der Waals surface area contributed by atoms with Gasteiger partial charge in [-0.05, 0) is 31.7 Å². The largest absolute Gasteiger partial charge is 0.493 e. The number of anilines is 2. The van der Waals surface area contributed by atoms with Gasteiger partial charge in [-0.2, -0.15) is 4.98 Å². The lowest BCUT2D eigenvalue weighted by Crippen LogP contribution is -2.51. The van der Waals surface area contributed by atoms with Gasteiger partial charge in [-0.15, -0.1) is 0 Å². The highest BCUT2D eigenvalue weighted by atomic mass is 16.5. The Morgan fingerprint density at radius 3 is 2.38 bits per heavy atom. The number of carbonyl (C=O) groups excluding carboxylic acids is 1. The second-order valence-corrected chi connectivity index (χ2v) is 9.39. The van der Waals surface area contributed by atoms with Crippen molar-refractivity contribution in [3.05, 3.63) is 12.1 Å². The van der Waals surface area contributed by atoms with Crippen LogP contribution in [0.15, 0.2) is 12.1 Å². The molecule has 5 rings (SSSR count). The first kappa shape index (κ1) is 23.0. The van der Waals surface area contributed by atoms with Crippen molar-refractivity contribution in [3.8, 4) is 11.5 Å². The molecule has 0 bridgehead atoms. The zero-order chi connectivity index (χ0) is 23.5. The van der Waals surface area contributed by atoms with Gasteiger partial charge in [0.25, 0.3) is 5.91 Å².